The maximum Gasteiger partial charge on any atom is 0.337 e. The van der Waals surface area contributed by atoms with Crippen LogP contribution < -0.4 is 5.32 Å². The van der Waals surface area contributed by atoms with Crippen LogP contribution in [0.4, 0.5) is 5.69 Å². The van der Waals surface area contributed by atoms with Crippen LogP contribution in [0.15, 0.2) is 22.7 Å². The van der Waals surface area contributed by atoms with Gasteiger partial charge in [-0.25, -0.2) is 4.79 Å². The molecule has 1 atom stereocenters. The maximum absolute atomic E-state index is 11.0. The number of hydrogen-bond donors (Lipinski definition) is 2. The van der Waals surface area contributed by atoms with Crippen LogP contribution in [0.5, 0.6) is 0 Å². The molecule has 1 aromatic rings. The lowest BCUT2D eigenvalue weighted by molar-refractivity contribution is 0.0698. The minimum atomic E-state index is -0.956. The Labute approximate surface area is 103 Å². The molecule has 0 saturated carbocycles. The van der Waals surface area contributed by atoms with E-state index in [0.29, 0.717) is 12.1 Å². The smallest absolute Gasteiger partial charge is 0.337 e. The van der Waals surface area contributed by atoms with Crippen molar-refractivity contribution in [3.8, 4) is 12.3 Å². The second-order valence-corrected chi connectivity index (χ2v) is 4.36. The van der Waals surface area contributed by atoms with Gasteiger partial charge in [0, 0.05) is 16.9 Å². The second kappa shape index (κ2) is 5.57. The Morgan fingerprint density at radius 1 is 1.69 bits per heavy atom. The van der Waals surface area contributed by atoms with E-state index in [0.717, 1.165) is 4.47 Å². The molecule has 4 heteroatoms. The molecule has 16 heavy (non-hydrogen) atoms. The average molecular weight is 282 g/mol. The summed E-state index contributed by atoms with van der Waals surface area (Å²) in [4.78, 5) is 11.0. The SMILES string of the molecule is C#CCC(C)Nc1cc(Br)ccc1C(=O)O. The van der Waals surface area contributed by atoms with Gasteiger partial charge >= 0.3 is 5.97 Å². The number of halogens is 1. The van der Waals surface area contributed by atoms with Crippen LogP contribution in [0.3, 0.4) is 0 Å². The highest BCUT2D eigenvalue weighted by molar-refractivity contribution is 9.10. The van der Waals surface area contributed by atoms with Gasteiger partial charge in [0.05, 0.1) is 11.3 Å². The Morgan fingerprint density at radius 3 is 2.94 bits per heavy atom. The summed E-state index contributed by atoms with van der Waals surface area (Å²) in [5.74, 6) is 1.57. The average Bonchev–Trinajstić information content (AvgIpc) is 2.17. The standard InChI is InChI=1S/C12H12BrNO2/c1-3-4-8(2)14-11-7-9(13)5-6-10(11)12(15)16/h1,5-8,14H,4H2,2H3,(H,15,16). The van der Waals surface area contributed by atoms with E-state index in [4.69, 9.17) is 11.5 Å². The van der Waals surface area contributed by atoms with Crippen molar-refractivity contribution in [2.75, 3.05) is 5.32 Å². The monoisotopic (exact) mass is 281 g/mol. The molecule has 0 spiro atoms. The fourth-order valence-electron chi connectivity index (χ4n) is 1.32. The molecule has 0 aliphatic heterocycles. The van der Waals surface area contributed by atoms with E-state index in [9.17, 15) is 4.79 Å². The molecule has 1 aromatic carbocycles. The molecule has 0 heterocycles. The first-order chi connectivity index (χ1) is 7.54. The van der Waals surface area contributed by atoms with E-state index in [-0.39, 0.29) is 11.6 Å². The summed E-state index contributed by atoms with van der Waals surface area (Å²) in [7, 11) is 0. The van der Waals surface area contributed by atoms with E-state index in [2.05, 4.69) is 27.2 Å². The number of nitrogens with one attached hydrogen (secondary N) is 1. The van der Waals surface area contributed by atoms with E-state index in [1.165, 1.54) is 0 Å². The van der Waals surface area contributed by atoms with Gasteiger partial charge in [0.1, 0.15) is 0 Å². The second-order valence-electron chi connectivity index (χ2n) is 3.45. The summed E-state index contributed by atoms with van der Waals surface area (Å²) in [6.45, 7) is 1.91. The van der Waals surface area contributed by atoms with Crippen molar-refractivity contribution < 1.29 is 9.90 Å². The molecular weight excluding hydrogens is 270 g/mol. The van der Waals surface area contributed by atoms with Gasteiger partial charge in [-0.15, -0.1) is 12.3 Å². The fraction of sp³-hybridized carbons (Fsp3) is 0.250. The summed E-state index contributed by atoms with van der Waals surface area (Å²) < 4.78 is 0.827. The lowest BCUT2D eigenvalue weighted by atomic mass is 10.1. The highest BCUT2D eigenvalue weighted by Gasteiger charge is 2.11. The molecule has 1 unspecified atom stereocenters. The molecule has 2 N–H and O–H groups in total. The van der Waals surface area contributed by atoms with E-state index in [1.54, 1.807) is 18.2 Å². The van der Waals surface area contributed by atoms with Gasteiger partial charge in [-0.3, -0.25) is 0 Å². The van der Waals surface area contributed by atoms with Gasteiger partial charge in [0.25, 0.3) is 0 Å². The number of carboxylic acid groups (broad SMARTS) is 1. The molecule has 0 bridgehead atoms. The molecule has 0 amide bonds. The first-order valence-electron chi connectivity index (χ1n) is 4.77. The van der Waals surface area contributed by atoms with Crippen LogP contribution in [0.25, 0.3) is 0 Å². The molecule has 0 saturated heterocycles. The third kappa shape index (κ3) is 3.28. The first-order valence-corrected chi connectivity index (χ1v) is 5.56. The van der Waals surface area contributed by atoms with E-state index >= 15 is 0 Å². The van der Waals surface area contributed by atoms with Gasteiger partial charge in [0.2, 0.25) is 0 Å². The zero-order valence-electron chi connectivity index (χ0n) is 8.83. The number of hydrogen-bond acceptors (Lipinski definition) is 2. The normalized spacial score (nSPS) is 11.6. The highest BCUT2D eigenvalue weighted by Crippen LogP contribution is 2.22. The van der Waals surface area contributed by atoms with Crippen molar-refractivity contribution >= 4 is 27.6 Å². The number of benzene rings is 1. The Balaban J connectivity index is 2.97. The number of carboxylic acids is 1. The van der Waals surface area contributed by atoms with Crippen LogP contribution in [0.1, 0.15) is 23.7 Å². The Kier molecular flexibility index (Phi) is 4.39. The van der Waals surface area contributed by atoms with E-state index in [1.807, 2.05) is 6.92 Å². The van der Waals surface area contributed by atoms with Crippen molar-refractivity contribution in [2.45, 2.75) is 19.4 Å². The topological polar surface area (TPSA) is 49.3 Å². The van der Waals surface area contributed by atoms with Crippen LogP contribution in [-0.4, -0.2) is 17.1 Å². The predicted molar refractivity (Wildman–Crippen MR) is 67.6 cm³/mol. The molecule has 3 nitrogen and oxygen atoms in total. The summed E-state index contributed by atoms with van der Waals surface area (Å²) in [5, 5.41) is 12.1. The van der Waals surface area contributed by atoms with Gasteiger partial charge in [0.15, 0.2) is 0 Å². The Morgan fingerprint density at radius 2 is 2.38 bits per heavy atom. The highest BCUT2D eigenvalue weighted by atomic mass is 79.9. The van der Waals surface area contributed by atoms with Crippen molar-refractivity contribution in [2.24, 2.45) is 0 Å². The summed E-state index contributed by atoms with van der Waals surface area (Å²) in [6.07, 6.45) is 5.74. The quantitative estimate of drug-likeness (QED) is 0.835. The molecule has 0 fully saturated rings. The van der Waals surface area contributed by atoms with Crippen molar-refractivity contribution in [3.05, 3.63) is 28.2 Å². The minimum absolute atomic E-state index is 0.0393. The lowest BCUT2D eigenvalue weighted by Crippen LogP contribution is -2.16. The lowest BCUT2D eigenvalue weighted by Gasteiger charge is -2.14. The molecule has 0 aliphatic rings. The number of rotatable bonds is 4. The van der Waals surface area contributed by atoms with Gasteiger partial charge in [-0.2, -0.15) is 0 Å². The minimum Gasteiger partial charge on any atom is -0.478 e. The third-order valence-electron chi connectivity index (χ3n) is 2.04. The van der Waals surface area contributed by atoms with E-state index < -0.39 is 5.97 Å². The van der Waals surface area contributed by atoms with Crippen molar-refractivity contribution in [3.63, 3.8) is 0 Å². The number of terminal acetylenes is 1. The molecule has 84 valence electrons. The molecule has 0 aliphatic carbocycles. The van der Waals surface area contributed by atoms with Crippen LogP contribution in [0, 0.1) is 12.3 Å². The maximum atomic E-state index is 11.0. The van der Waals surface area contributed by atoms with Gasteiger partial charge in [-0.1, -0.05) is 15.9 Å². The molecular formula is C12H12BrNO2. The number of anilines is 1. The van der Waals surface area contributed by atoms with Gasteiger partial charge < -0.3 is 10.4 Å². The molecule has 1 rings (SSSR count). The number of carbonyl (C=O) groups is 1. The summed E-state index contributed by atoms with van der Waals surface area (Å²) in [5.41, 5.74) is 0.816. The largest absolute Gasteiger partial charge is 0.478 e. The van der Waals surface area contributed by atoms with Gasteiger partial charge in [-0.05, 0) is 25.1 Å². The molecule has 0 radical (unpaired) electrons. The number of aromatic carboxylic acids is 1. The fourth-order valence-corrected chi connectivity index (χ4v) is 1.68. The van der Waals surface area contributed by atoms with Crippen LogP contribution in [0.2, 0.25) is 0 Å². The summed E-state index contributed by atoms with van der Waals surface area (Å²) >= 11 is 3.30. The van der Waals surface area contributed by atoms with Crippen LogP contribution in [-0.2, 0) is 0 Å². The Bertz CT molecular complexity index is 437. The predicted octanol–water partition coefficient (Wildman–Crippen LogP) is 2.97. The zero-order chi connectivity index (χ0) is 12.1. The van der Waals surface area contributed by atoms with Crippen molar-refractivity contribution in [1.82, 2.24) is 0 Å². The molecule has 0 aromatic heterocycles. The van der Waals surface area contributed by atoms with Crippen molar-refractivity contribution in [1.29, 1.82) is 0 Å². The zero-order valence-corrected chi connectivity index (χ0v) is 10.4. The summed E-state index contributed by atoms with van der Waals surface area (Å²) in [6, 6.07) is 5.02. The first kappa shape index (κ1) is 12.6. The Hall–Kier alpha value is -1.47. The third-order valence-corrected chi connectivity index (χ3v) is 2.53. The van der Waals surface area contributed by atoms with Crippen LogP contribution >= 0.6 is 15.9 Å².